The number of benzene rings is 1. The van der Waals surface area contributed by atoms with Crippen LogP contribution in [0.25, 0.3) is 0 Å². The van der Waals surface area contributed by atoms with Crippen molar-refractivity contribution >= 4 is 21.6 Å². The van der Waals surface area contributed by atoms with Gasteiger partial charge in [0.05, 0.1) is 10.6 Å². The molecular weight excluding hydrogens is 280 g/mol. The van der Waals surface area contributed by atoms with Gasteiger partial charge in [-0.3, -0.25) is 0 Å². The fraction of sp³-hybridized carbons (Fsp3) is 0.333. The highest BCUT2D eigenvalue weighted by Crippen LogP contribution is 2.30. The van der Waals surface area contributed by atoms with Crippen LogP contribution in [0.1, 0.15) is 0 Å². The number of hydrogen-bond donors (Lipinski definition) is 0. The molecular formula is C9H8F4O2S2. The quantitative estimate of drug-likeness (QED) is 0.631. The van der Waals surface area contributed by atoms with Crippen molar-refractivity contribution in [2.75, 3.05) is 11.5 Å². The maximum absolute atomic E-state index is 12.5. The second-order valence-corrected chi connectivity index (χ2v) is 6.34. The molecule has 0 fully saturated rings. The molecule has 1 rings (SSSR count). The van der Waals surface area contributed by atoms with Crippen molar-refractivity contribution in [3.63, 3.8) is 0 Å². The van der Waals surface area contributed by atoms with Crippen molar-refractivity contribution in [1.82, 2.24) is 0 Å². The molecule has 0 N–H and O–H groups in total. The smallest absolute Gasteiger partial charge is 0.224 e. The first-order valence-corrected chi connectivity index (χ1v) is 7.03. The van der Waals surface area contributed by atoms with E-state index in [1.807, 2.05) is 0 Å². The Morgan fingerprint density at radius 2 is 1.65 bits per heavy atom. The number of hydrogen-bond acceptors (Lipinski definition) is 3. The highest BCUT2D eigenvalue weighted by molar-refractivity contribution is 8.01. The van der Waals surface area contributed by atoms with Crippen molar-refractivity contribution in [2.24, 2.45) is 0 Å². The van der Waals surface area contributed by atoms with Gasteiger partial charge in [-0.2, -0.15) is 13.2 Å². The van der Waals surface area contributed by atoms with Crippen LogP contribution >= 0.6 is 11.8 Å². The number of halogens is 4. The first-order valence-electron chi connectivity index (χ1n) is 4.40. The van der Waals surface area contributed by atoms with Gasteiger partial charge in [-0.05, 0) is 36.0 Å². The highest BCUT2D eigenvalue weighted by atomic mass is 32.2. The van der Waals surface area contributed by atoms with E-state index in [4.69, 9.17) is 0 Å². The number of alkyl halides is 3. The Labute approximate surface area is 99.9 Å². The molecule has 0 spiro atoms. The normalized spacial score (nSPS) is 12.7. The third kappa shape index (κ3) is 4.95. The zero-order chi connectivity index (χ0) is 13.1. The predicted molar refractivity (Wildman–Crippen MR) is 57.0 cm³/mol. The number of rotatable bonds is 4. The van der Waals surface area contributed by atoms with Crippen molar-refractivity contribution in [3.05, 3.63) is 30.1 Å². The Morgan fingerprint density at radius 3 is 2.12 bits per heavy atom. The molecule has 1 aromatic carbocycles. The molecule has 0 saturated carbocycles. The second-order valence-electron chi connectivity index (χ2n) is 3.07. The average Bonchev–Trinajstić information content (AvgIpc) is 2.15. The van der Waals surface area contributed by atoms with Gasteiger partial charge in [0.15, 0.2) is 9.84 Å². The van der Waals surface area contributed by atoms with Gasteiger partial charge >= 0.3 is 5.51 Å². The summed E-state index contributed by atoms with van der Waals surface area (Å²) in [6.45, 7) is 0. The molecule has 96 valence electrons. The average molecular weight is 288 g/mol. The SMILES string of the molecule is O=S(=O)(CCSC(F)(F)F)c1ccc(F)cc1. The van der Waals surface area contributed by atoms with Crippen LogP contribution in [-0.4, -0.2) is 25.4 Å². The fourth-order valence-electron chi connectivity index (χ4n) is 1.03. The van der Waals surface area contributed by atoms with Crippen molar-refractivity contribution in [2.45, 2.75) is 10.4 Å². The number of sulfone groups is 1. The van der Waals surface area contributed by atoms with Crippen LogP contribution in [-0.2, 0) is 9.84 Å². The maximum atomic E-state index is 12.5. The molecule has 0 aliphatic carbocycles. The molecule has 17 heavy (non-hydrogen) atoms. The molecule has 2 nitrogen and oxygen atoms in total. The van der Waals surface area contributed by atoms with E-state index >= 15 is 0 Å². The van der Waals surface area contributed by atoms with Gasteiger partial charge in [0, 0.05) is 5.75 Å². The van der Waals surface area contributed by atoms with Gasteiger partial charge < -0.3 is 0 Å². The van der Waals surface area contributed by atoms with Gasteiger partial charge in [0.25, 0.3) is 0 Å². The molecule has 0 radical (unpaired) electrons. The van der Waals surface area contributed by atoms with Gasteiger partial charge in [0.2, 0.25) is 0 Å². The van der Waals surface area contributed by atoms with Crippen LogP contribution in [0.4, 0.5) is 17.6 Å². The third-order valence-electron chi connectivity index (χ3n) is 1.79. The minimum atomic E-state index is -4.45. The van der Waals surface area contributed by atoms with E-state index in [1.165, 1.54) is 0 Å². The van der Waals surface area contributed by atoms with E-state index in [2.05, 4.69) is 0 Å². The van der Waals surface area contributed by atoms with Crippen molar-refractivity contribution < 1.29 is 26.0 Å². The molecule has 0 heterocycles. The number of thioether (sulfide) groups is 1. The maximum Gasteiger partial charge on any atom is 0.441 e. The molecule has 0 aliphatic heterocycles. The summed E-state index contributed by atoms with van der Waals surface area (Å²) < 4.78 is 71.0. The summed E-state index contributed by atoms with van der Waals surface area (Å²) in [5, 5.41) is 0. The summed E-state index contributed by atoms with van der Waals surface area (Å²) in [7, 11) is -3.79. The Kier molecular flexibility index (Phi) is 4.42. The van der Waals surface area contributed by atoms with Gasteiger partial charge in [-0.15, -0.1) is 0 Å². The molecule has 0 bridgehead atoms. The van der Waals surface area contributed by atoms with E-state index < -0.39 is 44.4 Å². The summed E-state index contributed by atoms with van der Waals surface area (Å²) >= 11 is -0.395. The highest BCUT2D eigenvalue weighted by Gasteiger charge is 2.29. The summed E-state index contributed by atoms with van der Waals surface area (Å²) in [4.78, 5) is -0.179. The van der Waals surface area contributed by atoms with Crippen molar-refractivity contribution in [3.8, 4) is 0 Å². The molecule has 1 aromatic rings. The Balaban J connectivity index is 2.66. The molecule has 0 aliphatic rings. The van der Waals surface area contributed by atoms with Crippen molar-refractivity contribution in [1.29, 1.82) is 0 Å². The Bertz CT molecular complexity index is 465. The van der Waals surface area contributed by atoms with E-state index in [1.54, 1.807) is 0 Å². The molecule has 0 aromatic heterocycles. The minimum absolute atomic E-state index is 0.179. The molecule has 0 amide bonds. The predicted octanol–water partition coefficient (Wildman–Crippen LogP) is 2.85. The minimum Gasteiger partial charge on any atom is -0.224 e. The summed E-state index contributed by atoms with van der Waals surface area (Å²) in [5.41, 5.74) is -4.45. The largest absolute Gasteiger partial charge is 0.441 e. The van der Waals surface area contributed by atoms with Gasteiger partial charge in [-0.1, -0.05) is 0 Å². The second kappa shape index (κ2) is 5.26. The lowest BCUT2D eigenvalue weighted by Gasteiger charge is -2.06. The summed E-state index contributed by atoms with van der Waals surface area (Å²) in [5.74, 6) is -1.82. The Morgan fingerprint density at radius 1 is 1.12 bits per heavy atom. The lowest BCUT2D eigenvalue weighted by atomic mass is 10.4. The van der Waals surface area contributed by atoms with Crippen LogP contribution in [0.3, 0.4) is 0 Å². The van der Waals surface area contributed by atoms with Crippen LogP contribution in [0.15, 0.2) is 29.2 Å². The molecule has 8 heteroatoms. The van der Waals surface area contributed by atoms with Crippen LogP contribution in [0, 0.1) is 5.82 Å². The first-order chi connectivity index (χ1) is 7.71. The monoisotopic (exact) mass is 288 g/mol. The Hall–Kier alpha value is -0.760. The zero-order valence-electron chi connectivity index (χ0n) is 8.37. The lowest BCUT2D eigenvalue weighted by molar-refractivity contribution is -0.0326. The van der Waals surface area contributed by atoms with E-state index in [0.717, 1.165) is 24.3 Å². The standard InChI is InChI=1S/C9H8F4O2S2/c10-7-1-3-8(4-2-7)17(14,15)6-5-16-9(11,12)13/h1-4H,5-6H2. The van der Waals surface area contributed by atoms with Crippen LogP contribution in [0.2, 0.25) is 0 Å². The molecule has 0 unspecified atom stereocenters. The van der Waals surface area contributed by atoms with Crippen LogP contribution < -0.4 is 0 Å². The first kappa shape index (κ1) is 14.3. The van der Waals surface area contributed by atoms with E-state index in [9.17, 15) is 26.0 Å². The lowest BCUT2D eigenvalue weighted by Crippen LogP contribution is -2.12. The molecule has 0 saturated heterocycles. The van der Waals surface area contributed by atoms with Gasteiger partial charge in [0.1, 0.15) is 5.82 Å². The topological polar surface area (TPSA) is 34.1 Å². The third-order valence-corrected chi connectivity index (χ3v) is 4.52. The van der Waals surface area contributed by atoms with Gasteiger partial charge in [-0.25, -0.2) is 12.8 Å². The van der Waals surface area contributed by atoms with E-state index in [-0.39, 0.29) is 4.90 Å². The van der Waals surface area contributed by atoms with E-state index in [0.29, 0.717) is 0 Å². The van der Waals surface area contributed by atoms with Crippen LogP contribution in [0.5, 0.6) is 0 Å². The summed E-state index contributed by atoms with van der Waals surface area (Å²) in [6, 6.07) is 3.96. The summed E-state index contributed by atoms with van der Waals surface area (Å²) in [6.07, 6.45) is 0. The zero-order valence-corrected chi connectivity index (χ0v) is 10.0. The molecule has 0 atom stereocenters. The fourth-order valence-corrected chi connectivity index (χ4v) is 3.26.